The van der Waals surface area contributed by atoms with Crippen molar-refractivity contribution in [1.29, 1.82) is 0 Å². The van der Waals surface area contributed by atoms with Crippen molar-refractivity contribution in [2.24, 2.45) is 0 Å². The molecule has 0 aliphatic rings. The van der Waals surface area contributed by atoms with Gasteiger partial charge in [0.15, 0.2) is 0 Å². The molecule has 1 aromatic heterocycles. The number of rotatable bonds is 4. The number of nitrogens with one attached hydrogen (secondary N) is 1. The lowest BCUT2D eigenvalue weighted by molar-refractivity contribution is 0.102. The standard InChI is InChI=1S/C13H12IN3O3/c1-19-12-10(7-15-13(17-12)20-2)16-11(18)8-3-5-9(14)6-4-8/h3-7H,1-2H3,(H,16,18). The number of aromatic nitrogens is 2. The van der Waals surface area contributed by atoms with Gasteiger partial charge in [-0.1, -0.05) is 0 Å². The van der Waals surface area contributed by atoms with Crippen LogP contribution in [0.25, 0.3) is 0 Å². The molecule has 7 heteroatoms. The van der Waals surface area contributed by atoms with Crippen molar-refractivity contribution in [3.05, 3.63) is 39.6 Å². The molecule has 0 unspecified atom stereocenters. The minimum absolute atomic E-state index is 0.175. The number of carbonyl (C=O) groups excluding carboxylic acids is 1. The van der Waals surface area contributed by atoms with E-state index in [9.17, 15) is 4.79 Å². The number of amides is 1. The van der Waals surface area contributed by atoms with Gasteiger partial charge >= 0.3 is 6.01 Å². The molecule has 0 saturated heterocycles. The van der Waals surface area contributed by atoms with E-state index >= 15 is 0 Å². The van der Waals surface area contributed by atoms with Gasteiger partial charge in [-0.25, -0.2) is 4.98 Å². The molecule has 1 N–H and O–H groups in total. The summed E-state index contributed by atoms with van der Waals surface area (Å²) in [4.78, 5) is 20.0. The average Bonchev–Trinajstić information content (AvgIpc) is 2.48. The summed E-state index contributed by atoms with van der Waals surface area (Å²) >= 11 is 2.18. The van der Waals surface area contributed by atoms with E-state index in [1.54, 1.807) is 12.1 Å². The minimum atomic E-state index is -0.256. The zero-order valence-electron chi connectivity index (χ0n) is 10.9. The highest BCUT2D eigenvalue weighted by Crippen LogP contribution is 2.23. The Morgan fingerprint density at radius 2 is 1.90 bits per heavy atom. The van der Waals surface area contributed by atoms with Gasteiger partial charge in [-0.3, -0.25) is 4.79 Å². The molecular formula is C13H12IN3O3. The number of hydrogen-bond donors (Lipinski definition) is 1. The molecular weight excluding hydrogens is 373 g/mol. The summed E-state index contributed by atoms with van der Waals surface area (Å²) < 4.78 is 11.1. The third-order valence-corrected chi connectivity index (χ3v) is 3.18. The van der Waals surface area contributed by atoms with Crippen molar-refractivity contribution in [2.75, 3.05) is 19.5 Å². The van der Waals surface area contributed by atoms with Gasteiger partial charge in [-0.2, -0.15) is 4.98 Å². The number of methoxy groups -OCH3 is 2. The smallest absolute Gasteiger partial charge is 0.319 e. The Balaban J connectivity index is 2.21. The Morgan fingerprint density at radius 1 is 1.20 bits per heavy atom. The molecule has 0 radical (unpaired) electrons. The van der Waals surface area contributed by atoms with E-state index in [0.29, 0.717) is 11.3 Å². The van der Waals surface area contributed by atoms with Crippen molar-refractivity contribution >= 4 is 34.2 Å². The van der Waals surface area contributed by atoms with Crippen LogP contribution in [-0.4, -0.2) is 30.1 Å². The van der Waals surface area contributed by atoms with Gasteiger partial charge in [0.25, 0.3) is 5.91 Å². The molecule has 1 amide bonds. The molecule has 0 fully saturated rings. The van der Waals surface area contributed by atoms with Gasteiger partial charge in [0.2, 0.25) is 5.88 Å². The topological polar surface area (TPSA) is 73.3 Å². The van der Waals surface area contributed by atoms with Crippen molar-refractivity contribution in [3.63, 3.8) is 0 Å². The summed E-state index contributed by atoms with van der Waals surface area (Å²) in [5, 5.41) is 2.70. The summed E-state index contributed by atoms with van der Waals surface area (Å²) in [6.45, 7) is 0. The van der Waals surface area contributed by atoms with Crippen LogP contribution in [0.1, 0.15) is 10.4 Å². The number of benzene rings is 1. The average molecular weight is 385 g/mol. The van der Waals surface area contributed by atoms with E-state index in [-0.39, 0.29) is 17.8 Å². The lowest BCUT2D eigenvalue weighted by Gasteiger charge is -2.09. The molecule has 0 aliphatic heterocycles. The molecule has 0 saturated carbocycles. The van der Waals surface area contributed by atoms with Crippen LogP contribution in [0.2, 0.25) is 0 Å². The normalized spacial score (nSPS) is 9.95. The van der Waals surface area contributed by atoms with Crippen LogP contribution in [0.5, 0.6) is 11.9 Å². The fourth-order valence-corrected chi connectivity index (χ4v) is 1.85. The Hall–Kier alpha value is -1.90. The third kappa shape index (κ3) is 3.35. The van der Waals surface area contributed by atoms with E-state index in [1.165, 1.54) is 20.4 Å². The summed E-state index contributed by atoms with van der Waals surface area (Å²) in [5.41, 5.74) is 0.931. The van der Waals surface area contributed by atoms with Crippen molar-refractivity contribution < 1.29 is 14.3 Å². The highest BCUT2D eigenvalue weighted by molar-refractivity contribution is 14.1. The third-order valence-electron chi connectivity index (χ3n) is 2.46. The largest absolute Gasteiger partial charge is 0.479 e. The second-order valence-electron chi connectivity index (χ2n) is 3.74. The SMILES string of the molecule is COc1ncc(NC(=O)c2ccc(I)cc2)c(OC)n1. The van der Waals surface area contributed by atoms with Crippen LogP contribution in [0, 0.1) is 3.57 Å². The summed E-state index contributed by atoms with van der Waals surface area (Å²) in [5.74, 6) is -0.0100. The molecule has 0 spiro atoms. The highest BCUT2D eigenvalue weighted by atomic mass is 127. The first-order valence-corrected chi connectivity index (χ1v) is 6.74. The number of ether oxygens (including phenoxy) is 2. The lowest BCUT2D eigenvalue weighted by Crippen LogP contribution is -2.13. The zero-order chi connectivity index (χ0) is 14.5. The van der Waals surface area contributed by atoms with Gasteiger partial charge in [-0.15, -0.1) is 0 Å². The molecule has 0 aliphatic carbocycles. The van der Waals surface area contributed by atoms with Gasteiger partial charge in [-0.05, 0) is 46.9 Å². The van der Waals surface area contributed by atoms with Crippen LogP contribution < -0.4 is 14.8 Å². The van der Waals surface area contributed by atoms with E-state index in [4.69, 9.17) is 9.47 Å². The number of hydrogen-bond acceptors (Lipinski definition) is 5. The predicted octanol–water partition coefficient (Wildman–Crippen LogP) is 2.35. The number of halogens is 1. The Morgan fingerprint density at radius 3 is 2.50 bits per heavy atom. The summed E-state index contributed by atoms with van der Waals surface area (Å²) in [6, 6.07) is 7.38. The minimum Gasteiger partial charge on any atom is -0.479 e. The number of anilines is 1. The zero-order valence-corrected chi connectivity index (χ0v) is 13.0. The fraction of sp³-hybridized carbons (Fsp3) is 0.154. The molecule has 0 bridgehead atoms. The second kappa shape index (κ2) is 6.51. The Labute approximate surface area is 129 Å². The maximum Gasteiger partial charge on any atom is 0.319 e. The maximum absolute atomic E-state index is 12.1. The van der Waals surface area contributed by atoms with Crippen molar-refractivity contribution in [3.8, 4) is 11.9 Å². The van der Waals surface area contributed by atoms with Gasteiger partial charge < -0.3 is 14.8 Å². The molecule has 0 atom stereocenters. The highest BCUT2D eigenvalue weighted by Gasteiger charge is 2.12. The predicted molar refractivity (Wildman–Crippen MR) is 82.2 cm³/mol. The Kier molecular flexibility index (Phi) is 4.72. The quantitative estimate of drug-likeness (QED) is 0.819. The van der Waals surface area contributed by atoms with Gasteiger partial charge in [0, 0.05) is 9.13 Å². The van der Waals surface area contributed by atoms with Gasteiger partial charge in [0.05, 0.1) is 20.4 Å². The van der Waals surface area contributed by atoms with Gasteiger partial charge in [0.1, 0.15) is 5.69 Å². The molecule has 1 aromatic carbocycles. The first kappa shape index (κ1) is 14.5. The maximum atomic E-state index is 12.1. The fourth-order valence-electron chi connectivity index (χ4n) is 1.49. The molecule has 6 nitrogen and oxygen atoms in total. The number of carbonyl (C=O) groups is 1. The van der Waals surface area contributed by atoms with E-state index in [0.717, 1.165) is 3.57 Å². The summed E-state index contributed by atoms with van der Waals surface area (Å²) in [7, 11) is 2.92. The first-order valence-electron chi connectivity index (χ1n) is 5.66. The monoisotopic (exact) mass is 385 g/mol. The molecule has 2 rings (SSSR count). The Bertz CT molecular complexity index is 617. The van der Waals surface area contributed by atoms with Crippen LogP contribution in [0.15, 0.2) is 30.5 Å². The second-order valence-corrected chi connectivity index (χ2v) is 4.99. The van der Waals surface area contributed by atoms with E-state index < -0.39 is 0 Å². The van der Waals surface area contributed by atoms with E-state index in [2.05, 4.69) is 37.9 Å². The molecule has 20 heavy (non-hydrogen) atoms. The van der Waals surface area contributed by atoms with Crippen LogP contribution in [0.3, 0.4) is 0 Å². The lowest BCUT2D eigenvalue weighted by atomic mass is 10.2. The van der Waals surface area contributed by atoms with Crippen LogP contribution in [0.4, 0.5) is 5.69 Å². The van der Waals surface area contributed by atoms with Crippen LogP contribution >= 0.6 is 22.6 Å². The summed E-state index contributed by atoms with van der Waals surface area (Å²) in [6.07, 6.45) is 1.44. The molecule has 104 valence electrons. The van der Waals surface area contributed by atoms with E-state index in [1.807, 2.05) is 12.1 Å². The molecule has 1 heterocycles. The van der Waals surface area contributed by atoms with Crippen molar-refractivity contribution in [1.82, 2.24) is 9.97 Å². The van der Waals surface area contributed by atoms with Crippen LogP contribution in [-0.2, 0) is 0 Å². The molecule has 2 aromatic rings. The number of nitrogens with zero attached hydrogens (tertiary/aromatic N) is 2. The first-order chi connectivity index (χ1) is 9.63. The van der Waals surface area contributed by atoms with Crippen molar-refractivity contribution in [2.45, 2.75) is 0 Å².